The number of nitrogens with zero attached hydrogens (tertiary/aromatic N) is 6. The lowest BCUT2D eigenvalue weighted by Crippen LogP contribution is -2.35. The van der Waals surface area contributed by atoms with Gasteiger partial charge in [0, 0.05) is 23.8 Å². The molecule has 1 aliphatic heterocycles. The Bertz CT molecular complexity index is 1220. The molecule has 6 rings (SSSR count). The van der Waals surface area contributed by atoms with Crippen molar-refractivity contribution in [3.8, 4) is 5.95 Å². The second kappa shape index (κ2) is 7.55. The number of rotatable bonds is 4. The molecular formula is C26H26N6. The van der Waals surface area contributed by atoms with Crippen LogP contribution >= 0.6 is 0 Å². The van der Waals surface area contributed by atoms with Crippen molar-refractivity contribution in [3.63, 3.8) is 0 Å². The van der Waals surface area contributed by atoms with Crippen LogP contribution in [0.5, 0.6) is 0 Å². The number of anilines is 1. The van der Waals surface area contributed by atoms with E-state index in [-0.39, 0.29) is 5.41 Å². The molecule has 2 aromatic carbocycles. The van der Waals surface area contributed by atoms with Crippen LogP contribution in [0.2, 0.25) is 0 Å². The average molecular weight is 423 g/mol. The van der Waals surface area contributed by atoms with Crippen LogP contribution in [-0.2, 0) is 18.4 Å². The minimum Gasteiger partial charge on any atom is -0.365 e. The van der Waals surface area contributed by atoms with Crippen molar-refractivity contribution in [1.29, 1.82) is 0 Å². The Labute approximate surface area is 188 Å². The molecule has 2 aliphatic rings. The van der Waals surface area contributed by atoms with Crippen LogP contribution in [0.1, 0.15) is 47.2 Å². The molecule has 6 heteroatoms. The van der Waals surface area contributed by atoms with E-state index in [1.54, 1.807) is 17.2 Å². The fraction of sp³-hybridized carbons (Fsp3) is 0.308. The zero-order chi connectivity index (χ0) is 21.5. The maximum atomic E-state index is 4.79. The van der Waals surface area contributed by atoms with E-state index in [0.29, 0.717) is 5.95 Å². The highest BCUT2D eigenvalue weighted by Crippen LogP contribution is 2.49. The lowest BCUT2D eigenvalue weighted by atomic mass is 9.60. The molecule has 0 atom stereocenters. The lowest BCUT2D eigenvalue weighted by Gasteiger charge is -2.43. The molecule has 0 amide bonds. The zero-order valence-corrected chi connectivity index (χ0v) is 18.3. The predicted molar refractivity (Wildman–Crippen MR) is 124 cm³/mol. The van der Waals surface area contributed by atoms with Crippen molar-refractivity contribution in [2.45, 2.75) is 44.6 Å². The molecule has 0 saturated heterocycles. The smallest absolute Gasteiger partial charge is 0.236 e. The number of hydrogen-bond acceptors (Lipinski definition) is 5. The molecule has 2 aromatic heterocycles. The molecule has 0 N–H and O–H groups in total. The van der Waals surface area contributed by atoms with E-state index >= 15 is 0 Å². The second-order valence-electron chi connectivity index (χ2n) is 9.03. The van der Waals surface area contributed by atoms with Gasteiger partial charge in [-0.15, -0.1) is 10.2 Å². The highest BCUT2D eigenvalue weighted by Gasteiger charge is 2.40. The summed E-state index contributed by atoms with van der Waals surface area (Å²) in [5.41, 5.74) is 7.94. The quantitative estimate of drug-likeness (QED) is 0.488. The number of aromatic nitrogens is 5. The number of benzene rings is 2. The van der Waals surface area contributed by atoms with Gasteiger partial charge in [-0.1, -0.05) is 48.4 Å². The fourth-order valence-electron chi connectivity index (χ4n) is 5.08. The van der Waals surface area contributed by atoms with E-state index in [2.05, 4.69) is 75.5 Å². The van der Waals surface area contributed by atoms with Crippen molar-refractivity contribution in [2.75, 3.05) is 11.4 Å². The van der Waals surface area contributed by atoms with Crippen LogP contribution in [0.15, 0.2) is 67.4 Å². The lowest BCUT2D eigenvalue weighted by molar-refractivity contribution is 0.301. The molecule has 160 valence electrons. The van der Waals surface area contributed by atoms with Crippen LogP contribution in [-0.4, -0.2) is 31.3 Å². The van der Waals surface area contributed by atoms with Crippen molar-refractivity contribution in [3.05, 3.63) is 95.3 Å². The van der Waals surface area contributed by atoms with E-state index in [1.807, 2.05) is 6.20 Å². The van der Waals surface area contributed by atoms with Gasteiger partial charge in [0.25, 0.3) is 0 Å². The summed E-state index contributed by atoms with van der Waals surface area (Å²) in [4.78, 5) is 11.7. The SMILES string of the molecule is Cc1ccc(C2(c3ccc(N4CCc5cnc(-n6cnnc6)nc5C4)cc3)CCC2)cc1. The largest absolute Gasteiger partial charge is 0.365 e. The van der Waals surface area contributed by atoms with Gasteiger partial charge in [0.05, 0.1) is 12.2 Å². The summed E-state index contributed by atoms with van der Waals surface area (Å²) in [6, 6.07) is 18.4. The van der Waals surface area contributed by atoms with Gasteiger partial charge in [0.15, 0.2) is 0 Å². The third-order valence-corrected chi connectivity index (χ3v) is 7.18. The summed E-state index contributed by atoms with van der Waals surface area (Å²) in [7, 11) is 0. The first kappa shape index (κ1) is 19.2. The Kier molecular flexibility index (Phi) is 4.52. The normalized spacial score (nSPS) is 17.0. The summed E-state index contributed by atoms with van der Waals surface area (Å²) in [6.45, 7) is 3.92. The molecule has 0 radical (unpaired) electrons. The molecule has 1 saturated carbocycles. The molecule has 6 nitrogen and oxygen atoms in total. The van der Waals surface area contributed by atoms with Crippen molar-refractivity contribution >= 4 is 5.69 Å². The first-order valence-corrected chi connectivity index (χ1v) is 11.3. The van der Waals surface area contributed by atoms with Crippen molar-refractivity contribution < 1.29 is 0 Å². The number of hydrogen-bond donors (Lipinski definition) is 0. The van der Waals surface area contributed by atoms with E-state index in [1.165, 1.54) is 47.2 Å². The maximum Gasteiger partial charge on any atom is 0.236 e. The molecule has 0 unspecified atom stereocenters. The zero-order valence-electron chi connectivity index (χ0n) is 18.3. The highest BCUT2D eigenvalue weighted by atomic mass is 15.3. The van der Waals surface area contributed by atoms with Gasteiger partial charge in [0.1, 0.15) is 12.7 Å². The summed E-state index contributed by atoms with van der Waals surface area (Å²) in [6.07, 6.45) is 9.92. The molecule has 0 bridgehead atoms. The summed E-state index contributed by atoms with van der Waals surface area (Å²) >= 11 is 0. The summed E-state index contributed by atoms with van der Waals surface area (Å²) in [5.74, 6) is 0.621. The molecule has 4 aromatic rings. The van der Waals surface area contributed by atoms with Crippen LogP contribution in [0.25, 0.3) is 5.95 Å². The minimum atomic E-state index is 0.182. The van der Waals surface area contributed by atoms with Gasteiger partial charge < -0.3 is 4.90 Å². The van der Waals surface area contributed by atoms with Gasteiger partial charge in [0.2, 0.25) is 5.95 Å². The third kappa shape index (κ3) is 3.18. The van der Waals surface area contributed by atoms with E-state index in [9.17, 15) is 0 Å². The minimum absolute atomic E-state index is 0.182. The Morgan fingerprint density at radius 2 is 1.56 bits per heavy atom. The molecule has 3 heterocycles. The molecule has 0 spiro atoms. The first-order valence-electron chi connectivity index (χ1n) is 11.3. The van der Waals surface area contributed by atoms with Gasteiger partial charge in [-0.3, -0.25) is 4.57 Å². The van der Waals surface area contributed by atoms with E-state index in [0.717, 1.165) is 25.2 Å². The second-order valence-corrected chi connectivity index (χ2v) is 9.03. The topological polar surface area (TPSA) is 59.7 Å². The standard InChI is InChI=1S/C26H26N6/c1-19-3-5-21(6-4-19)26(12-2-13-26)22-7-9-23(10-8-22)31-14-11-20-15-27-25(30-24(20)16-31)32-17-28-29-18-32/h3-10,15,17-18H,2,11-14,16H2,1H3. The third-order valence-electron chi connectivity index (χ3n) is 7.18. The first-order chi connectivity index (χ1) is 15.7. The molecular weight excluding hydrogens is 396 g/mol. The Balaban J connectivity index is 1.25. The Morgan fingerprint density at radius 1 is 0.875 bits per heavy atom. The highest BCUT2D eigenvalue weighted by molar-refractivity contribution is 5.53. The molecule has 32 heavy (non-hydrogen) atoms. The Morgan fingerprint density at radius 3 is 2.22 bits per heavy atom. The van der Waals surface area contributed by atoms with Crippen LogP contribution < -0.4 is 4.90 Å². The van der Waals surface area contributed by atoms with Gasteiger partial charge >= 0.3 is 0 Å². The predicted octanol–water partition coefficient (Wildman–Crippen LogP) is 4.40. The molecule has 1 fully saturated rings. The van der Waals surface area contributed by atoms with Gasteiger partial charge in [-0.05, 0) is 55.0 Å². The van der Waals surface area contributed by atoms with Gasteiger partial charge in [-0.2, -0.15) is 0 Å². The Hall–Kier alpha value is -3.54. The number of fused-ring (bicyclic) bond motifs is 1. The average Bonchev–Trinajstić information content (AvgIpc) is 3.34. The number of aryl methyl sites for hydroxylation is 1. The fourth-order valence-corrected chi connectivity index (χ4v) is 5.08. The van der Waals surface area contributed by atoms with Crippen LogP contribution in [0.4, 0.5) is 5.69 Å². The van der Waals surface area contributed by atoms with E-state index < -0.39 is 0 Å². The molecule has 1 aliphatic carbocycles. The van der Waals surface area contributed by atoms with Gasteiger partial charge in [-0.25, -0.2) is 9.97 Å². The van der Waals surface area contributed by atoms with Crippen LogP contribution in [0, 0.1) is 6.92 Å². The van der Waals surface area contributed by atoms with Crippen molar-refractivity contribution in [2.24, 2.45) is 0 Å². The van der Waals surface area contributed by atoms with Crippen LogP contribution in [0.3, 0.4) is 0 Å². The van der Waals surface area contributed by atoms with Crippen molar-refractivity contribution in [1.82, 2.24) is 24.7 Å². The summed E-state index contributed by atoms with van der Waals surface area (Å²) in [5, 5.41) is 7.72. The monoisotopic (exact) mass is 422 g/mol. The maximum absolute atomic E-state index is 4.79. The van der Waals surface area contributed by atoms with E-state index in [4.69, 9.17) is 4.98 Å². The summed E-state index contributed by atoms with van der Waals surface area (Å²) < 4.78 is 1.75.